The van der Waals surface area contributed by atoms with Gasteiger partial charge in [0.25, 0.3) is 0 Å². The lowest BCUT2D eigenvalue weighted by Crippen LogP contribution is -2.23. The predicted octanol–water partition coefficient (Wildman–Crippen LogP) is 3.39. The quantitative estimate of drug-likeness (QED) is 0.680. The summed E-state index contributed by atoms with van der Waals surface area (Å²) in [6.07, 6.45) is 2.53. The van der Waals surface area contributed by atoms with E-state index in [9.17, 15) is 0 Å². The molecule has 2 rings (SSSR count). The molecule has 76 valence electrons. The second-order valence-corrected chi connectivity index (χ2v) is 4.07. The minimum absolute atomic E-state index is 0.211. The van der Waals surface area contributed by atoms with Gasteiger partial charge < -0.3 is 4.74 Å². The molecule has 2 atom stereocenters. The number of ether oxygens (including phenoxy) is 1. The first kappa shape index (κ1) is 10.0. The van der Waals surface area contributed by atoms with E-state index in [-0.39, 0.29) is 6.10 Å². The Kier molecular flexibility index (Phi) is 3.44. The number of rotatable bonds is 2. The lowest BCUT2D eigenvalue weighted by Gasteiger charge is -2.30. The maximum Gasteiger partial charge on any atom is 0.0864 e. The topological polar surface area (TPSA) is 9.23 Å². The van der Waals surface area contributed by atoms with Gasteiger partial charge in [-0.3, -0.25) is 0 Å². The maximum atomic E-state index is 5.94. The van der Waals surface area contributed by atoms with Crippen molar-refractivity contribution in [2.45, 2.75) is 18.9 Å². The molecular formula is C12H15ClO. The van der Waals surface area contributed by atoms with Crippen LogP contribution in [0.1, 0.15) is 24.5 Å². The van der Waals surface area contributed by atoms with Gasteiger partial charge in [-0.2, -0.15) is 0 Å². The van der Waals surface area contributed by atoms with E-state index < -0.39 is 0 Å². The molecule has 1 nitrogen and oxygen atoms in total. The third kappa shape index (κ3) is 2.10. The molecule has 1 aromatic carbocycles. The van der Waals surface area contributed by atoms with Crippen LogP contribution in [0.3, 0.4) is 0 Å². The van der Waals surface area contributed by atoms with Gasteiger partial charge in [0.2, 0.25) is 0 Å². The van der Waals surface area contributed by atoms with E-state index in [0.29, 0.717) is 11.8 Å². The zero-order chi connectivity index (χ0) is 9.80. The second-order valence-electron chi connectivity index (χ2n) is 3.76. The highest BCUT2D eigenvalue weighted by Gasteiger charge is 2.26. The Morgan fingerprint density at radius 2 is 2.07 bits per heavy atom. The Morgan fingerprint density at radius 3 is 2.79 bits per heavy atom. The van der Waals surface area contributed by atoms with Gasteiger partial charge in [-0.1, -0.05) is 30.3 Å². The van der Waals surface area contributed by atoms with Crippen LogP contribution in [0.4, 0.5) is 0 Å². The summed E-state index contributed by atoms with van der Waals surface area (Å²) in [6.45, 7) is 0.868. The summed E-state index contributed by atoms with van der Waals surface area (Å²) in [7, 11) is 0. The molecule has 0 N–H and O–H groups in total. The van der Waals surface area contributed by atoms with Gasteiger partial charge in [-0.25, -0.2) is 0 Å². The summed E-state index contributed by atoms with van der Waals surface area (Å²) in [5.74, 6) is 1.17. The Bertz CT molecular complexity index is 273. The van der Waals surface area contributed by atoms with E-state index in [1.165, 1.54) is 12.0 Å². The van der Waals surface area contributed by atoms with Gasteiger partial charge >= 0.3 is 0 Å². The number of hydrogen-bond acceptors (Lipinski definition) is 1. The Labute approximate surface area is 90.0 Å². The Morgan fingerprint density at radius 1 is 1.29 bits per heavy atom. The van der Waals surface area contributed by atoms with Crippen molar-refractivity contribution < 1.29 is 4.74 Å². The summed E-state index contributed by atoms with van der Waals surface area (Å²) >= 11 is 5.94. The summed E-state index contributed by atoms with van der Waals surface area (Å²) in [4.78, 5) is 0. The van der Waals surface area contributed by atoms with Gasteiger partial charge in [-0.15, -0.1) is 11.6 Å². The third-order valence-corrected chi connectivity index (χ3v) is 3.17. The highest BCUT2D eigenvalue weighted by atomic mass is 35.5. The molecule has 0 saturated carbocycles. The normalized spacial score (nSPS) is 27.5. The van der Waals surface area contributed by atoms with Crippen molar-refractivity contribution in [2.24, 2.45) is 5.92 Å². The fraction of sp³-hybridized carbons (Fsp3) is 0.500. The van der Waals surface area contributed by atoms with Crippen LogP contribution < -0.4 is 0 Å². The minimum atomic E-state index is 0.211. The fourth-order valence-corrected chi connectivity index (χ4v) is 2.33. The highest BCUT2D eigenvalue weighted by Crippen LogP contribution is 2.33. The van der Waals surface area contributed by atoms with Crippen molar-refractivity contribution in [1.82, 2.24) is 0 Å². The largest absolute Gasteiger partial charge is 0.373 e. The smallest absolute Gasteiger partial charge is 0.0864 e. The molecule has 2 unspecified atom stereocenters. The zero-order valence-electron chi connectivity index (χ0n) is 8.16. The van der Waals surface area contributed by atoms with E-state index in [1.54, 1.807) is 0 Å². The molecule has 0 aliphatic carbocycles. The van der Waals surface area contributed by atoms with Crippen LogP contribution in [0, 0.1) is 5.92 Å². The molecule has 1 aromatic rings. The lowest BCUT2D eigenvalue weighted by atomic mass is 9.91. The SMILES string of the molecule is ClCC1CCCOC1c1ccccc1. The Hall–Kier alpha value is -0.530. The summed E-state index contributed by atoms with van der Waals surface area (Å²) in [6, 6.07) is 10.4. The van der Waals surface area contributed by atoms with E-state index in [2.05, 4.69) is 24.3 Å². The molecule has 1 aliphatic heterocycles. The van der Waals surface area contributed by atoms with Crippen LogP contribution in [0.15, 0.2) is 30.3 Å². The van der Waals surface area contributed by atoms with Crippen molar-refractivity contribution >= 4 is 11.6 Å². The number of alkyl halides is 1. The first-order valence-electron chi connectivity index (χ1n) is 5.14. The van der Waals surface area contributed by atoms with Crippen molar-refractivity contribution in [1.29, 1.82) is 0 Å². The predicted molar refractivity (Wildman–Crippen MR) is 58.6 cm³/mol. The third-order valence-electron chi connectivity index (χ3n) is 2.77. The number of halogens is 1. The molecule has 0 spiro atoms. The van der Waals surface area contributed by atoms with Gasteiger partial charge in [-0.05, 0) is 18.4 Å². The monoisotopic (exact) mass is 210 g/mol. The van der Waals surface area contributed by atoms with Gasteiger partial charge in [0.1, 0.15) is 0 Å². The lowest BCUT2D eigenvalue weighted by molar-refractivity contribution is -0.0208. The van der Waals surface area contributed by atoms with Crippen LogP contribution in [-0.4, -0.2) is 12.5 Å². The molecule has 1 heterocycles. The van der Waals surface area contributed by atoms with E-state index in [1.807, 2.05) is 6.07 Å². The van der Waals surface area contributed by atoms with Crippen LogP contribution >= 0.6 is 11.6 Å². The van der Waals surface area contributed by atoms with E-state index in [4.69, 9.17) is 16.3 Å². The molecule has 2 heteroatoms. The molecule has 0 bridgehead atoms. The zero-order valence-corrected chi connectivity index (χ0v) is 8.91. The first-order valence-corrected chi connectivity index (χ1v) is 5.68. The summed E-state index contributed by atoms with van der Waals surface area (Å²) in [5, 5.41) is 0. The van der Waals surface area contributed by atoms with E-state index >= 15 is 0 Å². The summed E-state index contributed by atoms with van der Waals surface area (Å²) in [5.41, 5.74) is 1.26. The van der Waals surface area contributed by atoms with Crippen molar-refractivity contribution in [2.75, 3.05) is 12.5 Å². The average molecular weight is 211 g/mol. The van der Waals surface area contributed by atoms with E-state index in [0.717, 1.165) is 13.0 Å². The summed E-state index contributed by atoms with van der Waals surface area (Å²) < 4.78 is 5.78. The molecule has 0 amide bonds. The molecule has 0 aromatic heterocycles. The van der Waals surface area contributed by atoms with Crippen LogP contribution in [-0.2, 0) is 4.74 Å². The maximum absolute atomic E-state index is 5.94. The van der Waals surface area contributed by atoms with Crippen molar-refractivity contribution in [3.05, 3.63) is 35.9 Å². The van der Waals surface area contributed by atoms with Crippen LogP contribution in [0.25, 0.3) is 0 Å². The molecule has 1 saturated heterocycles. The van der Waals surface area contributed by atoms with Gasteiger partial charge in [0.15, 0.2) is 0 Å². The molecule has 1 fully saturated rings. The Balaban J connectivity index is 2.15. The standard InChI is InChI=1S/C12H15ClO/c13-9-11-7-4-8-14-12(11)10-5-2-1-3-6-10/h1-3,5-6,11-12H,4,7-9H2. The number of hydrogen-bond donors (Lipinski definition) is 0. The fourth-order valence-electron chi connectivity index (χ4n) is 2.01. The molecule has 1 aliphatic rings. The molecular weight excluding hydrogens is 196 g/mol. The van der Waals surface area contributed by atoms with Crippen LogP contribution in [0.2, 0.25) is 0 Å². The minimum Gasteiger partial charge on any atom is -0.373 e. The van der Waals surface area contributed by atoms with Crippen molar-refractivity contribution in [3.63, 3.8) is 0 Å². The first-order chi connectivity index (χ1) is 6.92. The molecule has 0 radical (unpaired) electrons. The van der Waals surface area contributed by atoms with Crippen molar-refractivity contribution in [3.8, 4) is 0 Å². The molecule has 14 heavy (non-hydrogen) atoms. The van der Waals surface area contributed by atoms with Crippen LogP contribution in [0.5, 0.6) is 0 Å². The van der Waals surface area contributed by atoms with Gasteiger partial charge in [0, 0.05) is 18.4 Å². The highest BCUT2D eigenvalue weighted by molar-refractivity contribution is 6.18. The second kappa shape index (κ2) is 4.81. The number of benzene rings is 1. The average Bonchev–Trinajstić information content (AvgIpc) is 2.30. The van der Waals surface area contributed by atoms with Gasteiger partial charge in [0.05, 0.1) is 6.10 Å².